The summed E-state index contributed by atoms with van der Waals surface area (Å²) in [7, 11) is 1.91. The van der Waals surface area contributed by atoms with E-state index < -0.39 is 0 Å². The quantitative estimate of drug-likeness (QED) is 0.515. The number of nitrogens with two attached hydrogens (primary N) is 1. The van der Waals surface area contributed by atoms with Crippen LogP contribution in [0.15, 0.2) is 72.8 Å². The van der Waals surface area contributed by atoms with E-state index in [0.717, 1.165) is 11.1 Å². The van der Waals surface area contributed by atoms with Crippen molar-refractivity contribution in [1.29, 1.82) is 0 Å². The lowest BCUT2D eigenvalue weighted by Gasteiger charge is -2.38. The summed E-state index contributed by atoms with van der Waals surface area (Å²) in [6.45, 7) is 0. The fraction of sp³-hybridized carbons (Fsp3) is 0.143. The number of hydrogen-bond donors (Lipinski definition) is 2. The normalized spacial score (nSPS) is 14.0. The second-order valence-electron chi connectivity index (χ2n) is 6.02. The van der Waals surface area contributed by atoms with Gasteiger partial charge in [-0.1, -0.05) is 84.6 Å². The van der Waals surface area contributed by atoms with E-state index in [4.69, 9.17) is 11.1 Å². The second-order valence-corrected chi connectivity index (χ2v) is 7.07. The van der Waals surface area contributed by atoms with Crippen molar-refractivity contribution in [3.05, 3.63) is 89.2 Å². The highest BCUT2D eigenvalue weighted by molar-refractivity contribution is 7.26. The maximum atomic E-state index is 6.50. The van der Waals surface area contributed by atoms with Crippen molar-refractivity contribution in [3.8, 4) is 0 Å². The molecule has 4 aromatic rings. The summed E-state index contributed by atoms with van der Waals surface area (Å²) in [5, 5.41) is 10.6. The van der Waals surface area contributed by atoms with Gasteiger partial charge in [0.05, 0.1) is 0 Å². The Morgan fingerprint density at radius 1 is 0.880 bits per heavy atom. The standard InChI is InChI=1S/C21H20N3S/c1-23-21(14-8-3-2-4-9-14)24-20(22)17-12-7-11-16-15-10-5-6-13-18(15)25-19(16)17/h2-13,20-21,23H,22H2,1H3/q-1. The van der Waals surface area contributed by atoms with Crippen LogP contribution in [0.5, 0.6) is 0 Å². The summed E-state index contributed by atoms with van der Waals surface area (Å²) >= 11 is 1.79. The van der Waals surface area contributed by atoms with Crippen LogP contribution in [0.3, 0.4) is 0 Å². The molecule has 3 nitrogen and oxygen atoms in total. The lowest BCUT2D eigenvalue weighted by Crippen LogP contribution is -2.21. The molecule has 0 fully saturated rings. The molecule has 0 amide bonds. The first-order valence-corrected chi connectivity index (χ1v) is 9.17. The van der Waals surface area contributed by atoms with Crippen molar-refractivity contribution in [2.75, 3.05) is 7.05 Å². The van der Waals surface area contributed by atoms with Crippen LogP contribution in [-0.2, 0) is 0 Å². The number of fused-ring (bicyclic) bond motifs is 3. The Hall–Kier alpha value is -2.24. The van der Waals surface area contributed by atoms with Gasteiger partial charge in [0.1, 0.15) is 0 Å². The molecule has 126 valence electrons. The van der Waals surface area contributed by atoms with Gasteiger partial charge in [0.2, 0.25) is 0 Å². The maximum Gasteiger partial charge on any atom is 0.0384 e. The van der Waals surface area contributed by atoms with Crippen LogP contribution in [0.25, 0.3) is 25.5 Å². The Labute approximate surface area is 151 Å². The minimum absolute atomic E-state index is 0.124. The minimum atomic E-state index is -0.380. The number of hydrogen-bond acceptors (Lipinski definition) is 3. The smallest absolute Gasteiger partial charge is 0.0384 e. The lowest BCUT2D eigenvalue weighted by atomic mass is 10.1. The van der Waals surface area contributed by atoms with E-state index >= 15 is 0 Å². The van der Waals surface area contributed by atoms with Gasteiger partial charge >= 0.3 is 0 Å². The Kier molecular flexibility index (Phi) is 4.51. The zero-order valence-electron chi connectivity index (χ0n) is 14.0. The van der Waals surface area contributed by atoms with Crippen molar-refractivity contribution in [2.24, 2.45) is 5.73 Å². The highest BCUT2D eigenvalue weighted by Crippen LogP contribution is 2.39. The maximum absolute atomic E-state index is 6.50. The first-order chi connectivity index (χ1) is 12.3. The van der Waals surface area contributed by atoms with E-state index in [-0.39, 0.29) is 12.3 Å². The second kappa shape index (κ2) is 6.94. The average molecular weight is 346 g/mol. The van der Waals surface area contributed by atoms with Gasteiger partial charge in [0.25, 0.3) is 0 Å². The number of benzene rings is 3. The van der Waals surface area contributed by atoms with Crippen molar-refractivity contribution < 1.29 is 0 Å². The molecule has 0 spiro atoms. The van der Waals surface area contributed by atoms with E-state index in [2.05, 4.69) is 59.9 Å². The minimum Gasteiger partial charge on any atom is -0.625 e. The third-order valence-electron chi connectivity index (χ3n) is 4.45. The van der Waals surface area contributed by atoms with Crippen molar-refractivity contribution in [1.82, 2.24) is 5.32 Å². The summed E-state index contributed by atoms with van der Waals surface area (Å²) in [6, 6.07) is 25.0. The third-order valence-corrected chi connectivity index (χ3v) is 5.69. The van der Waals surface area contributed by atoms with Crippen molar-refractivity contribution in [3.63, 3.8) is 0 Å². The highest BCUT2D eigenvalue weighted by atomic mass is 32.1. The average Bonchev–Trinajstić information content (AvgIpc) is 3.05. The molecular weight excluding hydrogens is 326 g/mol. The van der Waals surface area contributed by atoms with Gasteiger partial charge in [-0.25, -0.2) is 0 Å². The third kappa shape index (κ3) is 3.05. The molecule has 2 atom stereocenters. The zero-order chi connectivity index (χ0) is 17.2. The van der Waals surface area contributed by atoms with E-state index in [0.29, 0.717) is 0 Å². The largest absolute Gasteiger partial charge is 0.625 e. The Morgan fingerprint density at radius 2 is 1.60 bits per heavy atom. The van der Waals surface area contributed by atoms with E-state index in [1.165, 1.54) is 20.2 Å². The Balaban J connectivity index is 1.71. The molecule has 4 heteroatoms. The number of nitrogens with one attached hydrogen (secondary N) is 1. The fourth-order valence-electron chi connectivity index (χ4n) is 3.21. The molecule has 0 bridgehead atoms. The molecule has 2 unspecified atom stereocenters. The van der Waals surface area contributed by atoms with Gasteiger partial charge in [-0.05, 0) is 18.7 Å². The molecule has 1 aromatic heterocycles. The van der Waals surface area contributed by atoms with E-state index in [9.17, 15) is 0 Å². The monoisotopic (exact) mass is 346 g/mol. The fourth-order valence-corrected chi connectivity index (χ4v) is 4.45. The first kappa shape index (κ1) is 16.2. The van der Waals surface area contributed by atoms with E-state index in [1.807, 2.05) is 25.2 Å². The van der Waals surface area contributed by atoms with Crippen LogP contribution in [0.1, 0.15) is 23.5 Å². The Bertz CT molecular complexity index is 994. The molecular formula is C21H20N3S-. The predicted octanol–water partition coefficient (Wildman–Crippen LogP) is 5.30. The summed E-state index contributed by atoms with van der Waals surface area (Å²) in [4.78, 5) is 0. The molecule has 0 saturated carbocycles. The van der Waals surface area contributed by atoms with Crippen LogP contribution in [0.2, 0.25) is 0 Å². The van der Waals surface area contributed by atoms with Crippen LogP contribution < -0.4 is 11.1 Å². The van der Waals surface area contributed by atoms with Crippen molar-refractivity contribution in [2.45, 2.75) is 12.3 Å². The molecule has 4 rings (SSSR count). The molecule has 0 aliphatic carbocycles. The van der Waals surface area contributed by atoms with Crippen LogP contribution in [0, 0.1) is 0 Å². The summed E-state index contributed by atoms with van der Waals surface area (Å²) in [5.74, 6) is 0. The molecule has 1 heterocycles. The lowest BCUT2D eigenvalue weighted by molar-refractivity contribution is 0.626. The molecule has 0 aliphatic rings. The van der Waals surface area contributed by atoms with Gasteiger partial charge in [-0.3, -0.25) is 0 Å². The van der Waals surface area contributed by atoms with Gasteiger partial charge in [-0.15, -0.1) is 11.3 Å². The number of thiophene rings is 1. The van der Waals surface area contributed by atoms with Crippen LogP contribution in [-0.4, -0.2) is 7.05 Å². The number of rotatable bonds is 5. The van der Waals surface area contributed by atoms with Gasteiger partial charge in [-0.2, -0.15) is 0 Å². The molecule has 3 N–H and O–H groups in total. The van der Waals surface area contributed by atoms with Crippen LogP contribution in [0.4, 0.5) is 0 Å². The molecule has 0 aliphatic heterocycles. The van der Waals surface area contributed by atoms with Crippen LogP contribution >= 0.6 is 11.3 Å². The number of nitrogens with zero attached hydrogens (tertiary/aromatic N) is 1. The van der Waals surface area contributed by atoms with Gasteiger partial charge in [0, 0.05) is 20.2 Å². The van der Waals surface area contributed by atoms with Crippen molar-refractivity contribution >= 4 is 31.5 Å². The SMILES string of the molecule is CNC([N-]C(N)c1cccc2c1sc1ccccc12)c1ccccc1. The van der Waals surface area contributed by atoms with E-state index in [1.54, 1.807) is 11.3 Å². The first-order valence-electron chi connectivity index (χ1n) is 8.36. The topological polar surface area (TPSA) is 52.2 Å². The molecule has 3 aromatic carbocycles. The summed E-state index contributed by atoms with van der Waals surface area (Å²) in [5.41, 5.74) is 8.69. The predicted molar refractivity (Wildman–Crippen MR) is 108 cm³/mol. The Morgan fingerprint density at radius 3 is 2.40 bits per heavy atom. The highest BCUT2D eigenvalue weighted by Gasteiger charge is 2.10. The zero-order valence-corrected chi connectivity index (χ0v) is 14.8. The summed E-state index contributed by atoms with van der Waals surface area (Å²) < 4.78 is 2.51. The summed E-state index contributed by atoms with van der Waals surface area (Å²) in [6.07, 6.45) is -0.504. The molecule has 25 heavy (non-hydrogen) atoms. The van der Waals surface area contributed by atoms with Gasteiger partial charge in [0.15, 0.2) is 0 Å². The molecule has 0 radical (unpaired) electrons. The molecule has 0 saturated heterocycles. The van der Waals surface area contributed by atoms with Gasteiger partial charge < -0.3 is 16.4 Å².